The number of pyridine rings is 1. The van der Waals surface area contributed by atoms with E-state index in [1.807, 2.05) is 6.92 Å². The quantitative estimate of drug-likeness (QED) is 0.605. The van der Waals surface area contributed by atoms with Crippen molar-refractivity contribution >= 4 is 33.4 Å². The van der Waals surface area contributed by atoms with Gasteiger partial charge in [-0.3, -0.25) is 20.4 Å². The highest BCUT2D eigenvalue weighted by molar-refractivity contribution is 7.99. The van der Waals surface area contributed by atoms with Crippen LogP contribution >= 0.6 is 11.8 Å². The summed E-state index contributed by atoms with van der Waals surface area (Å²) in [5, 5.41) is 0.720. The Morgan fingerprint density at radius 3 is 2.20 bits per heavy atom. The second kappa shape index (κ2) is 8.13. The molecule has 9 heteroatoms. The van der Waals surface area contributed by atoms with Crippen LogP contribution in [-0.4, -0.2) is 37.2 Å². The number of hydrogen-bond acceptors (Lipinski definition) is 6. The van der Waals surface area contributed by atoms with Crippen LogP contribution in [0.1, 0.15) is 27.6 Å². The molecule has 2 rings (SSSR count). The maximum absolute atomic E-state index is 12.1. The molecular weight excluding hydrogens is 362 g/mol. The fraction of sp³-hybridized carbons (Fsp3) is 0.188. The van der Waals surface area contributed by atoms with Gasteiger partial charge in [0.2, 0.25) is 0 Å². The second-order valence-electron chi connectivity index (χ2n) is 5.02. The van der Waals surface area contributed by atoms with E-state index in [0.717, 1.165) is 17.0 Å². The fourth-order valence-corrected chi connectivity index (χ4v) is 3.16. The fourth-order valence-electron chi connectivity index (χ4n) is 1.89. The monoisotopic (exact) mass is 379 g/mol. The Hall–Kier alpha value is -2.39. The lowest BCUT2D eigenvalue weighted by Crippen LogP contribution is -2.41. The van der Waals surface area contributed by atoms with Crippen molar-refractivity contribution in [2.75, 3.05) is 12.0 Å². The number of hydrogen-bond donors (Lipinski definition) is 2. The molecule has 2 N–H and O–H groups in total. The van der Waals surface area contributed by atoms with E-state index in [0.29, 0.717) is 5.56 Å². The zero-order valence-corrected chi connectivity index (χ0v) is 15.3. The molecule has 0 unspecified atom stereocenters. The van der Waals surface area contributed by atoms with Crippen LogP contribution in [0.4, 0.5) is 0 Å². The average Bonchev–Trinajstić information content (AvgIpc) is 2.59. The summed E-state index contributed by atoms with van der Waals surface area (Å²) >= 11 is 1.50. The highest BCUT2D eigenvalue weighted by atomic mass is 32.2. The molecule has 2 amide bonds. The minimum atomic E-state index is -3.33. The summed E-state index contributed by atoms with van der Waals surface area (Å²) in [7, 11) is -3.33. The molecule has 0 radical (unpaired) electrons. The Kier molecular flexibility index (Phi) is 6.16. The number of sulfone groups is 1. The number of carbonyl (C=O) groups excluding carboxylic acids is 2. The lowest BCUT2D eigenvalue weighted by atomic mass is 10.2. The summed E-state index contributed by atoms with van der Waals surface area (Å²) in [6.45, 7) is 1.98. The molecule has 25 heavy (non-hydrogen) atoms. The molecule has 0 aliphatic rings. The Morgan fingerprint density at radius 1 is 1.04 bits per heavy atom. The molecule has 0 aliphatic heterocycles. The van der Waals surface area contributed by atoms with Gasteiger partial charge in [-0.15, -0.1) is 11.8 Å². The molecule has 132 valence electrons. The van der Waals surface area contributed by atoms with Crippen molar-refractivity contribution in [2.24, 2.45) is 0 Å². The first kappa shape index (κ1) is 18.9. The third kappa shape index (κ3) is 5.30. The molecule has 7 nitrogen and oxygen atoms in total. The van der Waals surface area contributed by atoms with Gasteiger partial charge in [0.15, 0.2) is 9.84 Å². The minimum absolute atomic E-state index is 0.117. The summed E-state index contributed by atoms with van der Waals surface area (Å²) in [6, 6.07) is 8.60. The molecule has 1 aromatic heterocycles. The van der Waals surface area contributed by atoms with Crippen molar-refractivity contribution in [3.63, 3.8) is 0 Å². The van der Waals surface area contributed by atoms with Crippen LogP contribution in [0.15, 0.2) is 52.5 Å². The maximum Gasteiger partial charge on any atom is 0.269 e. The zero-order chi connectivity index (χ0) is 18.4. The second-order valence-corrected chi connectivity index (χ2v) is 8.32. The molecule has 1 heterocycles. The van der Waals surface area contributed by atoms with Crippen LogP contribution in [0.25, 0.3) is 0 Å². The average molecular weight is 379 g/mol. The lowest BCUT2D eigenvalue weighted by Gasteiger charge is -2.08. The highest BCUT2D eigenvalue weighted by Gasteiger charge is 2.12. The van der Waals surface area contributed by atoms with Crippen molar-refractivity contribution in [1.82, 2.24) is 15.8 Å². The van der Waals surface area contributed by atoms with Crippen LogP contribution in [0.2, 0.25) is 0 Å². The Labute approximate surface area is 150 Å². The van der Waals surface area contributed by atoms with Crippen molar-refractivity contribution < 1.29 is 18.0 Å². The number of hydrazine groups is 1. The number of thioether (sulfide) groups is 1. The van der Waals surface area contributed by atoms with Gasteiger partial charge < -0.3 is 0 Å². The molecule has 1 aromatic carbocycles. The number of benzene rings is 1. The molecule has 0 aliphatic carbocycles. The number of rotatable bonds is 5. The largest absolute Gasteiger partial charge is 0.269 e. The first-order chi connectivity index (χ1) is 11.8. The van der Waals surface area contributed by atoms with Gasteiger partial charge in [0.05, 0.1) is 9.92 Å². The Morgan fingerprint density at radius 2 is 1.64 bits per heavy atom. The highest BCUT2D eigenvalue weighted by Crippen LogP contribution is 2.15. The van der Waals surface area contributed by atoms with Crippen molar-refractivity contribution in [3.8, 4) is 0 Å². The topological polar surface area (TPSA) is 105 Å². The lowest BCUT2D eigenvalue weighted by molar-refractivity contribution is 0.0846. The number of nitrogens with one attached hydrogen (secondary N) is 2. The van der Waals surface area contributed by atoms with Gasteiger partial charge in [-0.1, -0.05) is 6.92 Å². The van der Waals surface area contributed by atoms with E-state index >= 15 is 0 Å². The standard InChI is InChI=1S/C16H17N3O4S2/c1-3-24-14-10-12(8-9-17-14)16(21)19-18-15(20)11-4-6-13(7-5-11)25(2,22)23/h4-10H,3H2,1-2H3,(H,18,20)(H,19,21). The van der Waals surface area contributed by atoms with E-state index in [2.05, 4.69) is 15.8 Å². The number of carbonyl (C=O) groups is 2. The molecule has 0 spiro atoms. The summed E-state index contributed by atoms with van der Waals surface area (Å²) in [6.07, 6.45) is 2.61. The summed E-state index contributed by atoms with van der Waals surface area (Å²) < 4.78 is 22.8. The molecule has 0 fully saturated rings. The zero-order valence-electron chi connectivity index (χ0n) is 13.6. The van der Waals surface area contributed by atoms with Crippen LogP contribution in [0.5, 0.6) is 0 Å². The van der Waals surface area contributed by atoms with Gasteiger partial charge in [0, 0.05) is 23.6 Å². The van der Waals surface area contributed by atoms with Gasteiger partial charge in [0.25, 0.3) is 11.8 Å². The predicted molar refractivity (Wildman–Crippen MR) is 95.1 cm³/mol. The first-order valence-electron chi connectivity index (χ1n) is 7.31. The van der Waals surface area contributed by atoms with Gasteiger partial charge in [-0.25, -0.2) is 13.4 Å². The molecule has 0 atom stereocenters. The van der Waals surface area contributed by atoms with E-state index in [-0.39, 0.29) is 10.5 Å². The molecule has 2 aromatic rings. The van der Waals surface area contributed by atoms with E-state index in [4.69, 9.17) is 0 Å². The molecule has 0 saturated carbocycles. The maximum atomic E-state index is 12.1. The third-order valence-electron chi connectivity index (χ3n) is 3.12. The van der Waals surface area contributed by atoms with E-state index < -0.39 is 21.7 Å². The number of nitrogens with zero attached hydrogens (tertiary/aromatic N) is 1. The van der Waals surface area contributed by atoms with E-state index in [1.54, 1.807) is 12.1 Å². The Balaban J connectivity index is 1.99. The van der Waals surface area contributed by atoms with Crippen LogP contribution < -0.4 is 10.9 Å². The van der Waals surface area contributed by atoms with Crippen molar-refractivity contribution in [2.45, 2.75) is 16.8 Å². The van der Waals surface area contributed by atoms with E-state index in [9.17, 15) is 18.0 Å². The van der Waals surface area contributed by atoms with Gasteiger partial charge in [-0.2, -0.15) is 0 Å². The van der Waals surface area contributed by atoms with Gasteiger partial charge in [-0.05, 0) is 42.2 Å². The van der Waals surface area contributed by atoms with Gasteiger partial charge >= 0.3 is 0 Å². The van der Waals surface area contributed by atoms with Gasteiger partial charge in [0.1, 0.15) is 0 Å². The summed E-state index contributed by atoms with van der Waals surface area (Å²) in [5.41, 5.74) is 5.21. The minimum Gasteiger partial charge on any atom is -0.267 e. The molecular formula is C16H17N3O4S2. The number of aromatic nitrogens is 1. The van der Waals surface area contributed by atoms with Crippen LogP contribution in [-0.2, 0) is 9.84 Å². The molecule has 0 bridgehead atoms. The predicted octanol–water partition coefficient (Wildman–Crippen LogP) is 1.67. The number of amides is 2. The summed E-state index contributed by atoms with van der Waals surface area (Å²) in [4.78, 5) is 28.3. The normalized spacial score (nSPS) is 11.0. The smallest absolute Gasteiger partial charge is 0.267 e. The third-order valence-corrected chi connectivity index (χ3v) is 5.06. The van der Waals surface area contributed by atoms with Crippen molar-refractivity contribution in [3.05, 3.63) is 53.7 Å². The van der Waals surface area contributed by atoms with E-state index in [1.165, 1.54) is 42.2 Å². The SMILES string of the molecule is CCSc1cc(C(=O)NNC(=O)c2ccc(S(C)(=O)=O)cc2)ccn1. The first-order valence-corrected chi connectivity index (χ1v) is 10.2. The Bertz CT molecular complexity index is 881. The van der Waals surface area contributed by atoms with Crippen LogP contribution in [0, 0.1) is 0 Å². The van der Waals surface area contributed by atoms with Crippen LogP contribution in [0.3, 0.4) is 0 Å². The van der Waals surface area contributed by atoms with Crippen molar-refractivity contribution in [1.29, 1.82) is 0 Å². The summed E-state index contributed by atoms with van der Waals surface area (Å²) in [5.74, 6) is -0.190. The molecule has 0 saturated heterocycles.